The maximum absolute atomic E-state index is 13.8. The molecule has 0 spiro atoms. The minimum Gasteiger partial charge on any atom is -0.333 e. The van der Waals surface area contributed by atoms with Gasteiger partial charge in [-0.05, 0) is 25.0 Å². The van der Waals surface area contributed by atoms with E-state index >= 15 is 0 Å². The van der Waals surface area contributed by atoms with Gasteiger partial charge in [-0.2, -0.15) is 0 Å². The van der Waals surface area contributed by atoms with Crippen LogP contribution in [-0.4, -0.2) is 36.5 Å². The van der Waals surface area contributed by atoms with Gasteiger partial charge in [0.25, 0.3) is 5.91 Å². The van der Waals surface area contributed by atoms with Gasteiger partial charge in [-0.1, -0.05) is 6.92 Å². The molecule has 1 N–H and O–H groups in total. The van der Waals surface area contributed by atoms with Crippen molar-refractivity contribution in [2.24, 2.45) is 0 Å². The molecule has 1 aromatic carbocycles. The minimum absolute atomic E-state index is 0.0424. The quantitative estimate of drug-likeness (QED) is 0.907. The fourth-order valence-corrected chi connectivity index (χ4v) is 2.16. The Labute approximate surface area is 111 Å². The van der Waals surface area contributed by atoms with Gasteiger partial charge < -0.3 is 10.2 Å². The zero-order valence-electron chi connectivity index (χ0n) is 11.2. The molecule has 104 valence electrons. The number of aryl methyl sites for hydroxylation is 1. The predicted molar refractivity (Wildman–Crippen MR) is 69.1 cm³/mol. The van der Waals surface area contributed by atoms with Crippen molar-refractivity contribution in [3.63, 3.8) is 0 Å². The monoisotopic (exact) mass is 268 g/mol. The largest absolute Gasteiger partial charge is 0.333 e. The van der Waals surface area contributed by atoms with Crippen LogP contribution in [0.3, 0.4) is 0 Å². The number of nitrogens with zero attached hydrogens (tertiary/aromatic N) is 1. The Morgan fingerprint density at radius 3 is 2.58 bits per heavy atom. The number of halogens is 2. The second kappa shape index (κ2) is 5.65. The Hall–Kier alpha value is -1.49. The average molecular weight is 268 g/mol. The Bertz CT molecular complexity index is 487. The fourth-order valence-electron chi connectivity index (χ4n) is 2.16. The van der Waals surface area contributed by atoms with E-state index in [2.05, 4.69) is 5.32 Å². The van der Waals surface area contributed by atoms with Crippen LogP contribution < -0.4 is 5.32 Å². The first-order valence-corrected chi connectivity index (χ1v) is 6.52. The van der Waals surface area contributed by atoms with Gasteiger partial charge >= 0.3 is 0 Å². The lowest BCUT2D eigenvalue weighted by Gasteiger charge is -2.38. The zero-order valence-corrected chi connectivity index (χ0v) is 11.2. The summed E-state index contributed by atoms with van der Waals surface area (Å²) < 4.78 is 27.0. The number of hydrogen-bond donors (Lipinski definition) is 1. The van der Waals surface area contributed by atoms with Crippen LogP contribution >= 0.6 is 0 Å². The summed E-state index contributed by atoms with van der Waals surface area (Å²) in [7, 11) is 0. The van der Waals surface area contributed by atoms with Gasteiger partial charge in [0, 0.05) is 25.7 Å². The molecule has 1 aliphatic rings. The molecule has 0 aliphatic carbocycles. The lowest BCUT2D eigenvalue weighted by molar-refractivity contribution is 0.0611. The lowest BCUT2D eigenvalue weighted by Crippen LogP contribution is -2.59. The Morgan fingerprint density at radius 2 is 2.05 bits per heavy atom. The van der Waals surface area contributed by atoms with E-state index < -0.39 is 11.6 Å². The topological polar surface area (TPSA) is 32.3 Å². The Kier molecular flexibility index (Phi) is 4.14. The molecule has 0 saturated carbocycles. The Morgan fingerprint density at radius 1 is 1.37 bits per heavy atom. The van der Waals surface area contributed by atoms with E-state index in [1.54, 1.807) is 4.90 Å². The smallest absolute Gasteiger partial charge is 0.257 e. The Balaban J connectivity index is 2.28. The van der Waals surface area contributed by atoms with Crippen LogP contribution in [0, 0.1) is 18.6 Å². The predicted octanol–water partition coefficient (Wildman–Crippen LogP) is 2.10. The molecule has 19 heavy (non-hydrogen) atoms. The minimum atomic E-state index is -0.790. The number of carbonyl (C=O) groups is 1. The van der Waals surface area contributed by atoms with Crippen LogP contribution in [0.4, 0.5) is 8.78 Å². The number of hydrogen-bond acceptors (Lipinski definition) is 2. The van der Waals surface area contributed by atoms with Crippen molar-refractivity contribution in [1.29, 1.82) is 0 Å². The summed E-state index contributed by atoms with van der Waals surface area (Å²) in [5, 5.41) is 3.09. The molecular formula is C14H18F2N2O. The number of rotatable bonds is 4. The molecule has 0 radical (unpaired) electrons. The molecule has 1 fully saturated rings. The van der Waals surface area contributed by atoms with Crippen molar-refractivity contribution in [1.82, 2.24) is 10.2 Å². The van der Waals surface area contributed by atoms with E-state index in [1.165, 1.54) is 13.0 Å². The molecule has 1 heterocycles. The van der Waals surface area contributed by atoms with Gasteiger partial charge in [0.1, 0.15) is 11.6 Å². The summed E-state index contributed by atoms with van der Waals surface area (Å²) in [6.45, 7) is 5.54. The zero-order chi connectivity index (χ0) is 14.0. The first-order valence-electron chi connectivity index (χ1n) is 6.52. The van der Waals surface area contributed by atoms with Crippen LogP contribution in [0.25, 0.3) is 0 Å². The number of amides is 1. The molecule has 1 saturated heterocycles. The highest BCUT2D eigenvalue weighted by atomic mass is 19.1. The number of benzene rings is 1. The summed E-state index contributed by atoms with van der Waals surface area (Å²) in [6.07, 6.45) is 0.810. The average Bonchev–Trinajstić information content (AvgIpc) is 2.30. The van der Waals surface area contributed by atoms with E-state index in [1.807, 2.05) is 6.92 Å². The van der Waals surface area contributed by atoms with Gasteiger partial charge in [0.2, 0.25) is 0 Å². The third kappa shape index (κ3) is 2.76. The molecule has 1 aromatic rings. The van der Waals surface area contributed by atoms with E-state index in [4.69, 9.17) is 0 Å². The van der Waals surface area contributed by atoms with Crippen LogP contribution in [0.5, 0.6) is 0 Å². The molecule has 0 bridgehead atoms. The van der Waals surface area contributed by atoms with Gasteiger partial charge in [-0.25, -0.2) is 8.78 Å². The van der Waals surface area contributed by atoms with Crippen molar-refractivity contribution >= 4 is 5.91 Å². The van der Waals surface area contributed by atoms with E-state index in [0.29, 0.717) is 6.54 Å². The summed E-state index contributed by atoms with van der Waals surface area (Å²) in [5.74, 6) is -1.77. The van der Waals surface area contributed by atoms with Crippen LogP contribution in [-0.2, 0) is 0 Å². The molecule has 2 rings (SSSR count). The van der Waals surface area contributed by atoms with Gasteiger partial charge in [-0.3, -0.25) is 4.79 Å². The molecule has 1 amide bonds. The highest BCUT2D eigenvalue weighted by Gasteiger charge is 2.30. The van der Waals surface area contributed by atoms with E-state index in [9.17, 15) is 13.6 Å². The lowest BCUT2D eigenvalue weighted by atomic mass is 10.1. The van der Waals surface area contributed by atoms with Crippen LogP contribution in [0.1, 0.15) is 29.3 Å². The normalized spacial score (nSPS) is 15.2. The van der Waals surface area contributed by atoms with Crippen molar-refractivity contribution in [3.8, 4) is 0 Å². The van der Waals surface area contributed by atoms with Crippen molar-refractivity contribution in [3.05, 3.63) is 34.9 Å². The molecular weight excluding hydrogens is 250 g/mol. The molecule has 0 aromatic heterocycles. The van der Waals surface area contributed by atoms with Gasteiger partial charge in [-0.15, -0.1) is 0 Å². The van der Waals surface area contributed by atoms with Crippen LogP contribution in [0.2, 0.25) is 0 Å². The summed E-state index contributed by atoms with van der Waals surface area (Å²) in [4.78, 5) is 14.1. The summed E-state index contributed by atoms with van der Waals surface area (Å²) in [5.41, 5.74) is 0.243. The van der Waals surface area contributed by atoms with Crippen molar-refractivity contribution < 1.29 is 13.6 Å². The molecule has 0 unspecified atom stereocenters. The number of carbonyl (C=O) groups excluding carboxylic acids is 1. The van der Waals surface area contributed by atoms with Crippen molar-refractivity contribution in [2.45, 2.75) is 26.3 Å². The maximum atomic E-state index is 13.8. The second-order valence-electron chi connectivity index (χ2n) is 4.89. The third-order valence-electron chi connectivity index (χ3n) is 3.40. The fraction of sp³-hybridized carbons (Fsp3) is 0.500. The number of nitrogens with one attached hydrogen (secondary N) is 1. The highest BCUT2D eigenvalue weighted by molar-refractivity contribution is 5.95. The molecule has 0 atom stereocenters. The van der Waals surface area contributed by atoms with E-state index in [-0.39, 0.29) is 23.1 Å². The molecule has 3 nitrogen and oxygen atoms in total. The van der Waals surface area contributed by atoms with Crippen LogP contribution in [0.15, 0.2) is 12.1 Å². The summed E-state index contributed by atoms with van der Waals surface area (Å²) in [6, 6.07) is 2.19. The molecule has 5 heteroatoms. The first kappa shape index (κ1) is 13.9. The first-order chi connectivity index (χ1) is 9.04. The molecule has 1 aliphatic heterocycles. The van der Waals surface area contributed by atoms with Gasteiger partial charge in [0.15, 0.2) is 0 Å². The van der Waals surface area contributed by atoms with Gasteiger partial charge in [0.05, 0.1) is 11.6 Å². The maximum Gasteiger partial charge on any atom is 0.257 e. The van der Waals surface area contributed by atoms with E-state index in [0.717, 1.165) is 25.6 Å². The SMILES string of the molecule is CCCN(C(=O)c1cc(C)c(F)cc1F)C1CNC1. The second-order valence-corrected chi connectivity index (χ2v) is 4.89. The summed E-state index contributed by atoms with van der Waals surface area (Å²) >= 11 is 0. The highest BCUT2D eigenvalue weighted by Crippen LogP contribution is 2.18. The standard InChI is InChI=1S/C14H18F2N2O/c1-3-4-18(10-7-17-8-10)14(19)11-5-9(2)12(15)6-13(11)16/h5-6,10,17H,3-4,7-8H2,1-2H3. The third-order valence-corrected chi connectivity index (χ3v) is 3.40. The van der Waals surface area contributed by atoms with Crippen molar-refractivity contribution in [2.75, 3.05) is 19.6 Å².